The number of carbonyl (C=O) groups is 1. The molecule has 0 bridgehead atoms. The molecule has 4 rings (SSSR count). The Bertz CT molecular complexity index is 1230. The summed E-state index contributed by atoms with van der Waals surface area (Å²) in [7, 11) is 1.38. The molecule has 0 radical (unpaired) electrons. The molecule has 3 N–H and O–H groups in total. The number of imidazole rings is 1. The minimum atomic E-state index is -1.14. The van der Waals surface area contributed by atoms with Gasteiger partial charge in [0, 0.05) is 18.0 Å². The zero-order chi connectivity index (χ0) is 18.4. The highest BCUT2D eigenvalue weighted by molar-refractivity contribution is 6.35. The number of aromatic amines is 2. The van der Waals surface area contributed by atoms with Gasteiger partial charge < -0.3 is 10.1 Å². The van der Waals surface area contributed by atoms with Crippen LogP contribution in [-0.2, 0) is 0 Å². The predicted molar refractivity (Wildman–Crippen MR) is 98.9 cm³/mol. The number of aromatic nitrogens is 4. The molecule has 1 amide bonds. The number of carboxylic acid groups (broad SMARTS) is 1. The van der Waals surface area contributed by atoms with Crippen LogP contribution < -0.4 is 10.5 Å². The summed E-state index contributed by atoms with van der Waals surface area (Å²) in [5, 5.41) is 17.3. The number of hydrogen-bond acceptors (Lipinski definition) is 4. The molecular weight excluding hydrogens is 358 g/mol. The first-order valence-electron chi connectivity index (χ1n) is 7.59. The van der Waals surface area contributed by atoms with Crippen LogP contribution in [0.3, 0.4) is 0 Å². The van der Waals surface area contributed by atoms with Gasteiger partial charge in [0.1, 0.15) is 5.52 Å². The normalized spacial score (nSPS) is 11.2. The van der Waals surface area contributed by atoms with Crippen molar-refractivity contribution >= 4 is 45.4 Å². The molecule has 0 unspecified atom stereocenters. The molecule has 0 aliphatic carbocycles. The molecule has 0 aliphatic heterocycles. The summed E-state index contributed by atoms with van der Waals surface area (Å²) in [4.78, 5) is 31.2. The van der Waals surface area contributed by atoms with Gasteiger partial charge in [-0.05, 0) is 18.2 Å². The molecule has 8 nitrogen and oxygen atoms in total. The van der Waals surface area contributed by atoms with Crippen LogP contribution >= 0.6 is 11.6 Å². The van der Waals surface area contributed by atoms with Crippen molar-refractivity contribution in [1.82, 2.24) is 20.2 Å². The third kappa shape index (κ3) is 2.47. The van der Waals surface area contributed by atoms with E-state index in [0.717, 1.165) is 4.90 Å². The maximum Gasteiger partial charge on any atom is 0.413 e. The van der Waals surface area contributed by atoms with Gasteiger partial charge in [0.15, 0.2) is 0 Å². The second-order valence-corrected chi connectivity index (χ2v) is 6.11. The molecule has 0 atom stereocenters. The average molecular weight is 370 g/mol. The van der Waals surface area contributed by atoms with Gasteiger partial charge in [0.2, 0.25) is 5.95 Å². The summed E-state index contributed by atoms with van der Waals surface area (Å²) in [6.07, 6.45) is -1.14. The molecule has 2 heterocycles. The van der Waals surface area contributed by atoms with E-state index in [1.807, 2.05) is 12.1 Å². The van der Waals surface area contributed by atoms with Crippen molar-refractivity contribution in [3.8, 4) is 11.3 Å². The zero-order valence-corrected chi connectivity index (χ0v) is 14.2. The Balaban J connectivity index is 1.95. The first-order chi connectivity index (χ1) is 12.5. The first-order valence-corrected chi connectivity index (χ1v) is 7.97. The Morgan fingerprint density at radius 1 is 1.23 bits per heavy atom. The molecule has 26 heavy (non-hydrogen) atoms. The fraction of sp³-hybridized carbons (Fsp3) is 0.0588. The van der Waals surface area contributed by atoms with Crippen molar-refractivity contribution < 1.29 is 9.90 Å². The number of halogens is 1. The molecule has 0 fully saturated rings. The Morgan fingerprint density at radius 2 is 1.96 bits per heavy atom. The van der Waals surface area contributed by atoms with Crippen LogP contribution in [0.5, 0.6) is 0 Å². The van der Waals surface area contributed by atoms with Crippen molar-refractivity contribution in [2.24, 2.45) is 0 Å². The summed E-state index contributed by atoms with van der Waals surface area (Å²) >= 11 is 6.34. The van der Waals surface area contributed by atoms with E-state index in [1.54, 1.807) is 24.3 Å². The molecule has 130 valence electrons. The Kier molecular flexibility index (Phi) is 3.62. The molecular formula is C17H12ClN5O3. The highest BCUT2D eigenvalue weighted by Crippen LogP contribution is 2.32. The second kappa shape index (κ2) is 5.85. The Hall–Kier alpha value is -3.39. The maximum atomic E-state index is 12.0. The average Bonchev–Trinajstić information content (AvgIpc) is 3.06. The Morgan fingerprint density at radius 3 is 2.69 bits per heavy atom. The topological polar surface area (TPSA) is 115 Å². The number of H-pyrrole nitrogens is 2. The van der Waals surface area contributed by atoms with Crippen molar-refractivity contribution in [2.75, 3.05) is 11.9 Å². The van der Waals surface area contributed by atoms with Gasteiger partial charge in [0.05, 0.1) is 21.6 Å². The van der Waals surface area contributed by atoms with Gasteiger partial charge in [-0.1, -0.05) is 29.8 Å². The van der Waals surface area contributed by atoms with E-state index in [9.17, 15) is 9.59 Å². The predicted octanol–water partition coefficient (Wildman–Crippen LogP) is 3.23. The van der Waals surface area contributed by atoms with Crippen LogP contribution in [0.2, 0.25) is 5.02 Å². The molecule has 0 saturated heterocycles. The number of anilines is 1. The third-order valence-corrected chi connectivity index (χ3v) is 4.39. The number of amides is 1. The van der Waals surface area contributed by atoms with Gasteiger partial charge in [-0.3, -0.25) is 9.69 Å². The Labute approximate surface area is 151 Å². The molecule has 2 aromatic heterocycles. The van der Waals surface area contributed by atoms with Crippen LogP contribution in [0, 0.1) is 0 Å². The van der Waals surface area contributed by atoms with Crippen molar-refractivity contribution in [3.63, 3.8) is 0 Å². The van der Waals surface area contributed by atoms with Gasteiger partial charge >= 0.3 is 6.09 Å². The zero-order valence-electron chi connectivity index (χ0n) is 13.4. The fourth-order valence-electron chi connectivity index (χ4n) is 2.78. The SMILES string of the molecule is CN(C(=O)O)c1nc2c(Cl)cc(-c3n[nH]c(=O)c4ccccc34)cc2[nH]1. The summed E-state index contributed by atoms with van der Waals surface area (Å²) in [5.41, 5.74) is 1.97. The van der Waals surface area contributed by atoms with Gasteiger partial charge in [-0.2, -0.15) is 5.10 Å². The van der Waals surface area contributed by atoms with Crippen molar-refractivity contribution in [2.45, 2.75) is 0 Å². The van der Waals surface area contributed by atoms with E-state index >= 15 is 0 Å². The van der Waals surface area contributed by atoms with E-state index < -0.39 is 6.09 Å². The monoisotopic (exact) mass is 369 g/mol. The van der Waals surface area contributed by atoms with Crippen LogP contribution in [0.25, 0.3) is 33.1 Å². The van der Waals surface area contributed by atoms with E-state index in [2.05, 4.69) is 20.2 Å². The highest BCUT2D eigenvalue weighted by Gasteiger charge is 2.17. The maximum absolute atomic E-state index is 12.0. The number of benzene rings is 2. The number of fused-ring (bicyclic) bond motifs is 2. The summed E-state index contributed by atoms with van der Waals surface area (Å²) in [6.45, 7) is 0. The summed E-state index contributed by atoms with van der Waals surface area (Å²) in [6, 6.07) is 10.6. The second-order valence-electron chi connectivity index (χ2n) is 5.70. The molecule has 0 spiro atoms. The highest BCUT2D eigenvalue weighted by atomic mass is 35.5. The summed E-state index contributed by atoms with van der Waals surface area (Å²) < 4.78 is 0. The lowest BCUT2D eigenvalue weighted by Crippen LogP contribution is -2.24. The standard InChI is InChI=1S/C17H12ClN5O3/c1-23(17(25)26)16-19-12-7-8(6-11(18)14(12)20-16)13-9-4-2-3-5-10(9)15(24)22-21-13/h2-7H,1H3,(H,19,20)(H,22,24)(H,25,26). The molecule has 2 aromatic carbocycles. The van der Waals surface area contributed by atoms with Crippen molar-refractivity contribution in [1.29, 1.82) is 0 Å². The van der Waals surface area contributed by atoms with Crippen LogP contribution in [0.15, 0.2) is 41.2 Å². The van der Waals surface area contributed by atoms with E-state index in [0.29, 0.717) is 38.1 Å². The van der Waals surface area contributed by atoms with E-state index in [1.165, 1.54) is 7.05 Å². The lowest BCUT2D eigenvalue weighted by atomic mass is 10.0. The van der Waals surface area contributed by atoms with Gasteiger partial charge in [0.25, 0.3) is 5.56 Å². The minimum Gasteiger partial charge on any atom is -0.465 e. The lowest BCUT2D eigenvalue weighted by Gasteiger charge is -2.07. The molecule has 0 saturated carbocycles. The number of rotatable bonds is 2. The largest absolute Gasteiger partial charge is 0.465 e. The van der Waals surface area contributed by atoms with Gasteiger partial charge in [-0.25, -0.2) is 14.9 Å². The smallest absolute Gasteiger partial charge is 0.413 e. The van der Waals surface area contributed by atoms with Gasteiger partial charge in [-0.15, -0.1) is 0 Å². The number of hydrogen-bond donors (Lipinski definition) is 3. The molecule has 0 aliphatic rings. The minimum absolute atomic E-state index is 0.158. The van der Waals surface area contributed by atoms with E-state index in [4.69, 9.17) is 16.7 Å². The third-order valence-electron chi connectivity index (χ3n) is 4.10. The number of nitrogens with one attached hydrogen (secondary N) is 2. The van der Waals surface area contributed by atoms with E-state index in [-0.39, 0.29) is 11.5 Å². The quantitative estimate of drug-likeness (QED) is 0.501. The van der Waals surface area contributed by atoms with Crippen LogP contribution in [0.1, 0.15) is 0 Å². The first kappa shape index (κ1) is 16.1. The summed E-state index contributed by atoms with van der Waals surface area (Å²) in [5.74, 6) is 0.158. The van der Waals surface area contributed by atoms with Crippen LogP contribution in [0.4, 0.5) is 10.7 Å². The van der Waals surface area contributed by atoms with Crippen LogP contribution in [-0.4, -0.2) is 38.4 Å². The number of nitrogens with zero attached hydrogens (tertiary/aromatic N) is 3. The van der Waals surface area contributed by atoms with Crippen molar-refractivity contribution in [3.05, 3.63) is 51.8 Å². The molecule has 4 aromatic rings. The fourth-order valence-corrected chi connectivity index (χ4v) is 3.04. The lowest BCUT2D eigenvalue weighted by molar-refractivity contribution is 0.203. The molecule has 9 heteroatoms.